The van der Waals surface area contributed by atoms with Crippen LogP contribution >= 0.6 is 11.3 Å². The van der Waals surface area contributed by atoms with E-state index in [1.807, 2.05) is 0 Å². The van der Waals surface area contributed by atoms with Crippen molar-refractivity contribution in [2.75, 3.05) is 19.0 Å². The summed E-state index contributed by atoms with van der Waals surface area (Å²) in [5.74, 6) is -2.15. The number of methoxy groups -OCH3 is 1. The Kier molecular flexibility index (Phi) is 5.38. The zero-order valence-corrected chi connectivity index (χ0v) is 13.4. The summed E-state index contributed by atoms with van der Waals surface area (Å²) in [5.41, 5.74) is 5.21. The summed E-state index contributed by atoms with van der Waals surface area (Å²) in [6.07, 6.45) is 0. The summed E-state index contributed by atoms with van der Waals surface area (Å²) in [4.78, 5) is 34.9. The average molecular weight is 350 g/mol. The van der Waals surface area contributed by atoms with E-state index in [9.17, 15) is 19.5 Å². The summed E-state index contributed by atoms with van der Waals surface area (Å²) in [7, 11) is 1.41. The number of hydrogen-bond donors (Lipinski definition) is 3. The summed E-state index contributed by atoms with van der Waals surface area (Å²) >= 11 is 1.11. The first kappa shape index (κ1) is 17.3. The predicted molar refractivity (Wildman–Crippen MR) is 86.4 cm³/mol. The van der Waals surface area contributed by atoms with E-state index in [2.05, 4.69) is 5.32 Å². The molecule has 8 nitrogen and oxygen atoms in total. The van der Waals surface area contributed by atoms with Crippen LogP contribution in [0.1, 0.15) is 20.7 Å². The third kappa shape index (κ3) is 4.02. The first-order valence-corrected chi connectivity index (χ1v) is 7.51. The molecule has 0 saturated carbocycles. The molecule has 0 saturated heterocycles. The van der Waals surface area contributed by atoms with Crippen LogP contribution in [0.3, 0.4) is 0 Å². The minimum Gasteiger partial charge on any atom is -0.507 e. The number of ether oxygens (including phenoxy) is 2. The van der Waals surface area contributed by atoms with Crippen LogP contribution in [0.15, 0.2) is 29.6 Å². The van der Waals surface area contributed by atoms with E-state index in [-0.39, 0.29) is 21.9 Å². The number of rotatable bonds is 6. The van der Waals surface area contributed by atoms with Gasteiger partial charge in [0.25, 0.3) is 11.8 Å². The number of esters is 1. The summed E-state index contributed by atoms with van der Waals surface area (Å²) in [5, 5.41) is 14.0. The fourth-order valence-corrected chi connectivity index (χ4v) is 2.59. The van der Waals surface area contributed by atoms with Gasteiger partial charge in [0, 0.05) is 0 Å². The molecular weight excluding hydrogens is 336 g/mol. The minimum absolute atomic E-state index is 0.129. The first-order chi connectivity index (χ1) is 11.4. The third-order valence-electron chi connectivity index (χ3n) is 2.94. The topological polar surface area (TPSA) is 128 Å². The zero-order chi connectivity index (χ0) is 17.7. The number of nitrogens with one attached hydrogen (secondary N) is 1. The molecule has 0 radical (unpaired) electrons. The Hall–Kier alpha value is -3.07. The minimum atomic E-state index is -0.886. The van der Waals surface area contributed by atoms with Crippen LogP contribution in [0.2, 0.25) is 0 Å². The van der Waals surface area contributed by atoms with Gasteiger partial charge in [-0.1, -0.05) is 0 Å². The van der Waals surface area contributed by atoms with E-state index in [0.29, 0.717) is 5.75 Å². The number of carbonyl (C=O) groups excluding carboxylic acids is 3. The number of amides is 2. The van der Waals surface area contributed by atoms with Gasteiger partial charge >= 0.3 is 5.97 Å². The molecule has 24 heavy (non-hydrogen) atoms. The van der Waals surface area contributed by atoms with Gasteiger partial charge < -0.3 is 25.6 Å². The Morgan fingerprint density at radius 2 is 2.00 bits per heavy atom. The van der Waals surface area contributed by atoms with Crippen molar-refractivity contribution in [2.24, 2.45) is 5.73 Å². The van der Waals surface area contributed by atoms with Crippen LogP contribution in [-0.4, -0.2) is 36.6 Å². The number of carbonyl (C=O) groups is 3. The van der Waals surface area contributed by atoms with Crippen molar-refractivity contribution in [3.8, 4) is 11.5 Å². The van der Waals surface area contributed by atoms with E-state index in [1.54, 1.807) is 5.38 Å². The highest BCUT2D eigenvalue weighted by atomic mass is 32.1. The molecule has 126 valence electrons. The van der Waals surface area contributed by atoms with E-state index in [4.69, 9.17) is 15.2 Å². The Bertz CT molecular complexity index is 786. The molecule has 0 aliphatic rings. The lowest BCUT2D eigenvalue weighted by Gasteiger charge is -2.08. The third-order valence-corrected chi connectivity index (χ3v) is 3.77. The number of hydrogen-bond acceptors (Lipinski definition) is 7. The molecule has 1 aromatic carbocycles. The molecule has 9 heteroatoms. The van der Waals surface area contributed by atoms with Crippen molar-refractivity contribution in [1.82, 2.24) is 0 Å². The summed E-state index contributed by atoms with van der Waals surface area (Å²) in [6.45, 7) is -0.592. The second-order valence-corrected chi connectivity index (χ2v) is 5.45. The number of benzene rings is 1. The maximum absolute atomic E-state index is 11.9. The normalized spacial score (nSPS) is 10.0. The number of aromatic hydroxyl groups is 1. The fraction of sp³-hybridized carbons (Fsp3) is 0.133. The van der Waals surface area contributed by atoms with E-state index in [1.165, 1.54) is 31.4 Å². The quantitative estimate of drug-likeness (QED) is 0.675. The average Bonchev–Trinajstić information content (AvgIpc) is 3.01. The number of thiophene rings is 1. The monoisotopic (exact) mass is 350 g/mol. The second-order valence-electron chi connectivity index (χ2n) is 4.54. The van der Waals surface area contributed by atoms with Crippen molar-refractivity contribution in [1.29, 1.82) is 0 Å². The van der Waals surface area contributed by atoms with Crippen molar-refractivity contribution in [3.05, 3.63) is 40.8 Å². The SMILES string of the molecule is COc1ccc(O)c(C(=O)OCC(=O)Nc2sccc2C(N)=O)c1. The highest BCUT2D eigenvalue weighted by Gasteiger charge is 2.17. The first-order valence-electron chi connectivity index (χ1n) is 6.63. The highest BCUT2D eigenvalue weighted by Crippen LogP contribution is 2.24. The van der Waals surface area contributed by atoms with E-state index < -0.39 is 24.4 Å². The van der Waals surface area contributed by atoms with Gasteiger partial charge in [-0.15, -0.1) is 11.3 Å². The van der Waals surface area contributed by atoms with Gasteiger partial charge in [-0.2, -0.15) is 0 Å². The predicted octanol–water partition coefficient (Wildman–Crippen LogP) is 1.36. The van der Waals surface area contributed by atoms with Crippen LogP contribution in [0.25, 0.3) is 0 Å². The molecule has 0 aliphatic heterocycles. The van der Waals surface area contributed by atoms with Gasteiger partial charge in [0.1, 0.15) is 22.1 Å². The maximum Gasteiger partial charge on any atom is 0.342 e. The van der Waals surface area contributed by atoms with Gasteiger partial charge in [0.15, 0.2) is 6.61 Å². The molecule has 4 N–H and O–H groups in total. The maximum atomic E-state index is 11.9. The molecule has 0 atom stereocenters. The molecule has 1 heterocycles. The number of anilines is 1. The number of phenolic OH excluding ortho intramolecular Hbond substituents is 1. The van der Waals surface area contributed by atoms with Crippen molar-refractivity contribution >= 4 is 34.1 Å². The molecule has 0 aliphatic carbocycles. The largest absolute Gasteiger partial charge is 0.507 e. The summed E-state index contributed by atoms with van der Waals surface area (Å²) < 4.78 is 9.79. The van der Waals surface area contributed by atoms with Crippen LogP contribution < -0.4 is 15.8 Å². The molecule has 2 aromatic rings. The van der Waals surface area contributed by atoms with Crippen molar-refractivity contribution in [3.63, 3.8) is 0 Å². The highest BCUT2D eigenvalue weighted by molar-refractivity contribution is 7.14. The Balaban J connectivity index is 1.97. The standard InChI is InChI=1S/C15H14N2O6S/c1-22-8-2-3-11(18)10(6-8)15(21)23-7-12(19)17-14-9(13(16)20)4-5-24-14/h2-6,18H,7H2,1H3,(H2,16,20)(H,17,19). The molecule has 0 unspecified atom stereocenters. The Morgan fingerprint density at radius 1 is 1.25 bits per heavy atom. The molecule has 0 bridgehead atoms. The lowest BCUT2D eigenvalue weighted by molar-refractivity contribution is -0.119. The molecule has 2 amide bonds. The van der Waals surface area contributed by atoms with Crippen LogP contribution in [-0.2, 0) is 9.53 Å². The molecule has 0 spiro atoms. The summed E-state index contributed by atoms with van der Waals surface area (Å²) in [6, 6.07) is 5.52. The van der Waals surface area contributed by atoms with Crippen molar-refractivity contribution < 1.29 is 29.0 Å². The smallest absolute Gasteiger partial charge is 0.342 e. The molecule has 2 rings (SSSR count). The molecule has 1 aromatic heterocycles. The van der Waals surface area contributed by atoms with Gasteiger partial charge in [-0.3, -0.25) is 9.59 Å². The Morgan fingerprint density at radius 3 is 2.67 bits per heavy atom. The fourth-order valence-electron chi connectivity index (χ4n) is 1.78. The van der Waals surface area contributed by atoms with Gasteiger partial charge in [0.2, 0.25) is 0 Å². The van der Waals surface area contributed by atoms with Crippen LogP contribution in [0, 0.1) is 0 Å². The van der Waals surface area contributed by atoms with E-state index >= 15 is 0 Å². The van der Waals surface area contributed by atoms with Crippen molar-refractivity contribution in [2.45, 2.75) is 0 Å². The van der Waals surface area contributed by atoms with Gasteiger partial charge in [-0.25, -0.2) is 4.79 Å². The molecule has 0 fully saturated rings. The molecular formula is C15H14N2O6S. The Labute approximate surface area is 140 Å². The van der Waals surface area contributed by atoms with Gasteiger partial charge in [0.05, 0.1) is 12.7 Å². The number of nitrogens with two attached hydrogens (primary N) is 1. The van der Waals surface area contributed by atoms with Gasteiger partial charge in [-0.05, 0) is 29.6 Å². The van der Waals surface area contributed by atoms with E-state index in [0.717, 1.165) is 11.3 Å². The number of primary amides is 1. The lowest BCUT2D eigenvalue weighted by atomic mass is 10.2. The van der Waals surface area contributed by atoms with Crippen LogP contribution in [0.4, 0.5) is 5.00 Å². The number of phenols is 1. The zero-order valence-electron chi connectivity index (χ0n) is 12.6. The van der Waals surface area contributed by atoms with Crippen LogP contribution in [0.5, 0.6) is 11.5 Å². The second kappa shape index (κ2) is 7.47. The lowest BCUT2D eigenvalue weighted by Crippen LogP contribution is -2.22.